The van der Waals surface area contributed by atoms with E-state index in [4.69, 9.17) is 9.84 Å². The van der Waals surface area contributed by atoms with Gasteiger partial charge in [-0.3, -0.25) is 0 Å². The first-order valence-electron chi connectivity index (χ1n) is 5.55. The zero-order valence-corrected chi connectivity index (χ0v) is 9.35. The van der Waals surface area contributed by atoms with E-state index in [1.54, 1.807) is 0 Å². The number of H-pyrrole nitrogens is 1. The molecule has 18 heavy (non-hydrogen) atoms. The molecule has 2 aromatic heterocycles. The molecule has 0 bridgehead atoms. The Morgan fingerprint density at radius 1 is 1.61 bits per heavy atom. The normalized spacial score (nSPS) is 28.0. The first kappa shape index (κ1) is 11.3. The topological polar surface area (TPSA) is 113 Å². The summed E-state index contributed by atoms with van der Waals surface area (Å²) in [5.74, 6) is 0. The van der Waals surface area contributed by atoms with E-state index in [0.29, 0.717) is 11.2 Å². The zero-order chi connectivity index (χ0) is 12.7. The summed E-state index contributed by atoms with van der Waals surface area (Å²) < 4.78 is 6.77. The van der Waals surface area contributed by atoms with Gasteiger partial charge in [-0.1, -0.05) is 0 Å². The summed E-state index contributed by atoms with van der Waals surface area (Å²) in [6.45, 7) is -0.288. The van der Waals surface area contributed by atoms with E-state index in [0.717, 1.165) is 0 Å². The standard InChI is InChI=1S/C10H12N4O4/c15-3-7-6(16)1-8(18-7)14-9-5(13-10(14)17)2-11-4-12-9/h2,4,6-8,15-16H,1,3H2,(H,13,17)/t6-,7+,8+/m1/s1. The Labute approximate surface area is 101 Å². The number of aromatic nitrogens is 4. The second-order valence-electron chi connectivity index (χ2n) is 4.17. The highest BCUT2D eigenvalue weighted by Crippen LogP contribution is 2.28. The van der Waals surface area contributed by atoms with Crippen LogP contribution in [0.3, 0.4) is 0 Å². The number of aliphatic hydroxyl groups excluding tert-OH is 2. The molecular formula is C10H12N4O4. The van der Waals surface area contributed by atoms with Gasteiger partial charge in [-0.25, -0.2) is 19.3 Å². The highest BCUT2D eigenvalue weighted by molar-refractivity contribution is 5.68. The fourth-order valence-electron chi connectivity index (χ4n) is 2.18. The Morgan fingerprint density at radius 2 is 2.44 bits per heavy atom. The van der Waals surface area contributed by atoms with Gasteiger partial charge in [0.05, 0.1) is 18.9 Å². The fourth-order valence-corrected chi connectivity index (χ4v) is 2.18. The molecular weight excluding hydrogens is 240 g/mol. The molecule has 96 valence electrons. The second kappa shape index (κ2) is 4.16. The number of aliphatic hydroxyl groups is 2. The van der Waals surface area contributed by atoms with Crippen LogP contribution in [0.5, 0.6) is 0 Å². The molecule has 1 aliphatic rings. The van der Waals surface area contributed by atoms with Gasteiger partial charge in [-0.15, -0.1) is 0 Å². The van der Waals surface area contributed by atoms with Crippen molar-refractivity contribution >= 4 is 11.2 Å². The lowest BCUT2D eigenvalue weighted by atomic mass is 10.2. The molecule has 3 heterocycles. The second-order valence-corrected chi connectivity index (χ2v) is 4.17. The van der Waals surface area contributed by atoms with Crippen molar-refractivity contribution in [3.05, 3.63) is 23.0 Å². The molecule has 0 saturated carbocycles. The van der Waals surface area contributed by atoms with Gasteiger partial charge in [0.1, 0.15) is 24.2 Å². The van der Waals surface area contributed by atoms with Crippen molar-refractivity contribution in [1.29, 1.82) is 0 Å². The van der Waals surface area contributed by atoms with Crippen LogP contribution in [0.4, 0.5) is 0 Å². The summed E-state index contributed by atoms with van der Waals surface area (Å²) in [7, 11) is 0. The predicted octanol–water partition coefficient (Wildman–Crippen LogP) is -1.24. The van der Waals surface area contributed by atoms with Crippen LogP contribution in [0.15, 0.2) is 17.3 Å². The maximum atomic E-state index is 11.8. The fraction of sp³-hybridized carbons (Fsp3) is 0.500. The lowest BCUT2D eigenvalue weighted by molar-refractivity contribution is -0.0441. The van der Waals surface area contributed by atoms with Gasteiger partial charge in [-0.05, 0) is 0 Å². The van der Waals surface area contributed by atoms with Crippen molar-refractivity contribution < 1.29 is 14.9 Å². The number of nitrogens with zero attached hydrogens (tertiary/aromatic N) is 3. The number of ether oxygens (including phenoxy) is 1. The van der Waals surface area contributed by atoms with Crippen LogP contribution in [-0.4, -0.2) is 48.5 Å². The lowest BCUT2D eigenvalue weighted by Crippen LogP contribution is -2.25. The number of hydrogen-bond donors (Lipinski definition) is 3. The Morgan fingerprint density at radius 3 is 3.17 bits per heavy atom. The summed E-state index contributed by atoms with van der Waals surface area (Å²) in [4.78, 5) is 22.3. The van der Waals surface area contributed by atoms with Crippen LogP contribution in [0, 0.1) is 0 Å². The van der Waals surface area contributed by atoms with E-state index in [1.807, 2.05) is 0 Å². The van der Waals surface area contributed by atoms with Gasteiger partial charge in [0.25, 0.3) is 0 Å². The molecule has 0 unspecified atom stereocenters. The molecule has 0 radical (unpaired) electrons. The SMILES string of the molecule is O=c1[nH]c2cncnc2n1[C@@H]1C[C@@H](O)[C@H](CO)O1. The monoisotopic (exact) mass is 252 g/mol. The first-order valence-corrected chi connectivity index (χ1v) is 5.55. The minimum Gasteiger partial charge on any atom is -0.394 e. The summed E-state index contributed by atoms with van der Waals surface area (Å²) in [6, 6.07) is 0. The number of imidazole rings is 1. The van der Waals surface area contributed by atoms with E-state index >= 15 is 0 Å². The van der Waals surface area contributed by atoms with Crippen LogP contribution in [-0.2, 0) is 4.74 Å². The number of nitrogens with one attached hydrogen (secondary N) is 1. The highest BCUT2D eigenvalue weighted by Gasteiger charge is 2.36. The summed E-state index contributed by atoms with van der Waals surface area (Å²) in [5.41, 5.74) is 0.556. The third kappa shape index (κ3) is 1.62. The van der Waals surface area contributed by atoms with Crippen molar-refractivity contribution in [3.8, 4) is 0 Å². The summed E-state index contributed by atoms with van der Waals surface area (Å²) in [5, 5.41) is 18.7. The highest BCUT2D eigenvalue weighted by atomic mass is 16.5. The lowest BCUT2D eigenvalue weighted by Gasteiger charge is -2.12. The average molecular weight is 252 g/mol. The molecule has 2 aromatic rings. The summed E-state index contributed by atoms with van der Waals surface area (Å²) in [6.07, 6.45) is 0.971. The van der Waals surface area contributed by atoms with Gasteiger partial charge < -0.3 is 19.9 Å². The largest absolute Gasteiger partial charge is 0.394 e. The van der Waals surface area contributed by atoms with E-state index in [-0.39, 0.29) is 18.7 Å². The van der Waals surface area contributed by atoms with Gasteiger partial charge >= 0.3 is 5.69 Å². The third-order valence-electron chi connectivity index (χ3n) is 3.05. The minimum absolute atomic E-state index is 0.238. The smallest absolute Gasteiger partial charge is 0.329 e. The zero-order valence-electron chi connectivity index (χ0n) is 9.35. The van der Waals surface area contributed by atoms with Gasteiger partial charge in [0, 0.05) is 6.42 Å². The van der Waals surface area contributed by atoms with E-state index in [9.17, 15) is 9.90 Å². The molecule has 0 aromatic carbocycles. The van der Waals surface area contributed by atoms with Crippen molar-refractivity contribution in [2.24, 2.45) is 0 Å². The summed E-state index contributed by atoms with van der Waals surface area (Å²) >= 11 is 0. The van der Waals surface area contributed by atoms with E-state index in [2.05, 4.69) is 15.0 Å². The van der Waals surface area contributed by atoms with Crippen molar-refractivity contribution in [2.75, 3.05) is 6.61 Å². The van der Waals surface area contributed by atoms with Crippen LogP contribution >= 0.6 is 0 Å². The molecule has 1 saturated heterocycles. The van der Waals surface area contributed by atoms with Crippen LogP contribution in [0.2, 0.25) is 0 Å². The van der Waals surface area contributed by atoms with E-state index in [1.165, 1.54) is 17.1 Å². The molecule has 0 amide bonds. The average Bonchev–Trinajstić information content (AvgIpc) is 2.88. The van der Waals surface area contributed by atoms with Crippen LogP contribution in [0.25, 0.3) is 11.2 Å². The molecule has 8 nitrogen and oxygen atoms in total. The number of hydrogen-bond acceptors (Lipinski definition) is 6. The number of rotatable bonds is 2. The number of aromatic amines is 1. The van der Waals surface area contributed by atoms with E-state index < -0.39 is 18.4 Å². The molecule has 8 heteroatoms. The molecule has 1 aliphatic heterocycles. The van der Waals surface area contributed by atoms with Crippen LogP contribution < -0.4 is 5.69 Å². The number of fused-ring (bicyclic) bond motifs is 1. The molecule has 3 N–H and O–H groups in total. The molecule has 1 fully saturated rings. The van der Waals surface area contributed by atoms with Crippen molar-refractivity contribution in [1.82, 2.24) is 19.5 Å². The molecule has 3 atom stereocenters. The Hall–Kier alpha value is -1.77. The quantitative estimate of drug-likeness (QED) is 0.616. The van der Waals surface area contributed by atoms with Gasteiger partial charge in [-0.2, -0.15) is 0 Å². The van der Waals surface area contributed by atoms with Gasteiger partial charge in [0.15, 0.2) is 5.65 Å². The molecule has 3 rings (SSSR count). The maximum absolute atomic E-state index is 11.8. The van der Waals surface area contributed by atoms with Crippen LogP contribution in [0.1, 0.15) is 12.6 Å². The Bertz CT molecular complexity index is 622. The van der Waals surface area contributed by atoms with Crippen molar-refractivity contribution in [3.63, 3.8) is 0 Å². The van der Waals surface area contributed by atoms with Gasteiger partial charge in [0.2, 0.25) is 0 Å². The Kier molecular flexibility index (Phi) is 2.62. The predicted molar refractivity (Wildman–Crippen MR) is 59.8 cm³/mol. The maximum Gasteiger partial charge on any atom is 0.329 e. The first-order chi connectivity index (χ1) is 8.70. The van der Waals surface area contributed by atoms with Crippen molar-refractivity contribution in [2.45, 2.75) is 24.9 Å². The Balaban J connectivity index is 2.05. The third-order valence-corrected chi connectivity index (χ3v) is 3.05. The minimum atomic E-state index is -0.793. The molecule has 0 aliphatic carbocycles. The molecule has 0 spiro atoms.